The Kier molecular flexibility index (Phi) is 65.4. The van der Waals surface area contributed by atoms with Crippen molar-refractivity contribution in [3.63, 3.8) is 0 Å². The molecule has 2 spiro atoms. The Morgan fingerprint density at radius 2 is 0.974 bits per heavy atom. The van der Waals surface area contributed by atoms with Gasteiger partial charge in [-0.3, -0.25) is 38.7 Å². The van der Waals surface area contributed by atoms with Crippen LogP contribution in [0.5, 0.6) is 0 Å². The Morgan fingerprint density at radius 1 is 0.513 bits per heavy atom. The maximum absolute atomic E-state index is 11.1. The van der Waals surface area contributed by atoms with Gasteiger partial charge in [-0.1, -0.05) is 144 Å². The van der Waals surface area contributed by atoms with Crippen LogP contribution in [0.15, 0.2) is 0 Å². The third-order valence-electron chi connectivity index (χ3n) is 23.6. The minimum atomic E-state index is -1.19. The zero-order chi connectivity index (χ0) is 89.3. The molecule has 8 unspecified atom stereocenters. The first kappa shape index (κ1) is 116. The van der Waals surface area contributed by atoms with E-state index < -0.39 is 24.1 Å². The first-order valence-electron chi connectivity index (χ1n) is 46.4. The number of β-amino-alcohol motifs (C(OH)–C–C–N with tert-alkyl or cyclic N) is 3. The molecule has 14 N–H and O–H groups in total. The van der Waals surface area contributed by atoms with Gasteiger partial charge < -0.3 is 102 Å². The lowest BCUT2D eigenvalue weighted by atomic mass is 9.62. The third kappa shape index (κ3) is 49.6. The summed E-state index contributed by atoms with van der Waals surface area (Å²) in [4.78, 5) is 73.9. The summed E-state index contributed by atoms with van der Waals surface area (Å²) in [6, 6.07) is 1.44. The molecule has 13 rings (SSSR count). The second kappa shape index (κ2) is 66.2. The summed E-state index contributed by atoms with van der Waals surface area (Å²) >= 11 is 0. The zero-order valence-electron chi connectivity index (χ0n) is 78.5. The summed E-state index contributed by atoms with van der Waals surface area (Å²) in [5.41, 5.74) is -0.701. The molecule has 28 heteroatoms. The zero-order valence-corrected chi connectivity index (χ0v) is 78.5. The van der Waals surface area contributed by atoms with Crippen LogP contribution in [0.1, 0.15) is 255 Å². The molecule has 117 heavy (non-hydrogen) atoms. The Bertz CT molecular complexity index is 2440. The van der Waals surface area contributed by atoms with Gasteiger partial charge in [0.05, 0.1) is 43.0 Å². The summed E-state index contributed by atoms with van der Waals surface area (Å²) in [6.07, 6.45) is 17.7. The number of likely N-dealkylation sites (tertiary alicyclic amines) is 9. The molecule has 13 aliphatic rings. The highest BCUT2D eigenvalue weighted by atomic mass is 16.4. The topological polar surface area (TPSA) is 365 Å². The number of carboxylic acids is 2. The Labute approximate surface area is 713 Å². The number of rotatable bonds is 21. The minimum Gasteiger partial charge on any atom is -0.481 e. The molecule has 3 amide bonds. The van der Waals surface area contributed by atoms with Crippen LogP contribution in [0, 0.1) is 34.5 Å². The molecule has 12 saturated heterocycles. The van der Waals surface area contributed by atoms with Gasteiger partial charge in [-0.15, -0.1) is 0 Å². The van der Waals surface area contributed by atoms with Gasteiger partial charge in [-0.05, 0) is 194 Å². The SMILES string of the molecule is CC.CC.CC(C)C.CCC1CCC(=O)N1.CCCCC1CCC(=O)N1.CCN1CC(C)(O)C1.CCN1CC(CO)C1.CCN1CC(O)C1.CCN1CC2(CC(O)C2)C1.CCN1CCC(C(=O)O)C1.CCN1CCC(CO)C1.CCN1CCC(O)C1.CCN1CCC2(CNC(=O)C2)C1.CCN1CCCC1CO.CCNC(C)(CO)C(=O)O. The van der Waals surface area contributed by atoms with E-state index in [1.54, 1.807) is 6.92 Å². The standard InChI is InChI=1S/C9H16N2O.2C8H15NO.C7H13NO2.2C7H15NO.C6H13NO3.3C6H13NO.C6H11NO.C5H11NO.C4H10.2C2H6/c1-2-11-4-3-9(7-11)5-8(12)10-6-9;1-2-9-5-8(6-9)3-7(10)4-8;1-2-3-4-7-5-6-8(10)9-7;1-2-8-4-3-6(5-8)7(9)10;1-2-8-4-3-7(5-8)6-9;1-2-8-5-3-4-7(8)6-9;1-3-7-6(2,4-8)5(9)10;1-3-7-4-6(2,8)5-7;1-2-7-3-6(4-7)5-8;1-2-7-4-3-6(8)5-7;1-2-5-3-4-6(8)7-5;1-2-6-3-5(7)4-6;1-4(2)3;2*1-2/h2-7H2,1H3,(H,10,12);7,10H,2-6H2,1H3;7H,2-6H2,1H3,(H,9,10);6H,2-5H2,1H3,(H,9,10);2*7,9H,2-6H2,1H3;7-8H,3-4H2,1-2H3,(H,9,10);8H,3-5H2,1-2H3;2*6,8H,2-5H2,1H3;5H,2-4H2,1H3,(H,7,8);5,7H,2-4H2,1H3;4H,1-3H3;2*1-2H3. The van der Waals surface area contributed by atoms with Gasteiger partial charge in [-0.25, -0.2) is 0 Å². The van der Waals surface area contributed by atoms with Crippen molar-refractivity contribution in [2.24, 2.45) is 34.5 Å². The van der Waals surface area contributed by atoms with Crippen LogP contribution in [0.25, 0.3) is 0 Å². The maximum Gasteiger partial charge on any atom is 0.326 e. The van der Waals surface area contributed by atoms with Gasteiger partial charge in [0.2, 0.25) is 17.7 Å². The van der Waals surface area contributed by atoms with Crippen LogP contribution in [0.2, 0.25) is 0 Å². The van der Waals surface area contributed by atoms with Crippen LogP contribution in [-0.2, 0) is 24.0 Å². The molecule has 1 saturated carbocycles. The monoisotopic (exact) mass is 1680 g/mol. The van der Waals surface area contributed by atoms with Crippen molar-refractivity contribution in [1.29, 1.82) is 0 Å². The Balaban J connectivity index is 0. The number of nitrogens with zero attached hydrogens (tertiary/aromatic N) is 9. The molecule has 12 aliphatic heterocycles. The second-order valence-electron chi connectivity index (χ2n) is 34.7. The number of hydrogen-bond acceptors (Lipinski definition) is 23. The molecule has 0 aromatic carbocycles. The van der Waals surface area contributed by atoms with Gasteiger partial charge in [0.25, 0.3) is 0 Å². The lowest BCUT2D eigenvalue weighted by molar-refractivity contribution is -0.146. The van der Waals surface area contributed by atoms with Crippen LogP contribution in [0.3, 0.4) is 0 Å². The normalized spacial score (nSPS) is 26.2. The number of carbonyl (C=O) groups excluding carboxylic acids is 3. The third-order valence-corrected chi connectivity index (χ3v) is 23.6. The molecule has 0 aromatic rings. The molecule has 1 aliphatic carbocycles. The molecule has 28 nitrogen and oxygen atoms in total. The molecular weight excluding hydrogens is 1490 g/mol. The van der Waals surface area contributed by atoms with Crippen molar-refractivity contribution in [1.82, 2.24) is 65.4 Å². The van der Waals surface area contributed by atoms with Gasteiger partial charge >= 0.3 is 11.9 Å². The van der Waals surface area contributed by atoms with Gasteiger partial charge in [0.15, 0.2) is 0 Å². The number of unbranched alkanes of at least 4 members (excludes halogenated alkanes) is 1. The summed E-state index contributed by atoms with van der Waals surface area (Å²) in [5.74, 6) is 0.888. The highest BCUT2D eigenvalue weighted by molar-refractivity contribution is 5.80. The predicted molar refractivity (Wildman–Crippen MR) is 478 cm³/mol. The van der Waals surface area contributed by atoms with E-state index in [-0.39, 0.29) is 47.6 Å². The first-order chi connectivity index (χ1) is 55.6. The van der Waals surface area contributed by atoms with Crippen LogP contribution in [0.4, 0.5) is 0 Å². The van der Waals surface area contributed by atoms with E-state index in [1.165, 1.54) is 91.1 Å². The number of nitrogens with one attached hydrogen (secondary N) is 4. The number of aliphatic hydroxyl groups is 8. The smallest absolute Gasteiger partial charge is 0.326 e. The summed E-state index contributed by atoms with van der Waals surface area (Å²) < 4.78 is 0. The fourth-order valence-electron chi connectivity index (χ4n) is 15.9. The number of hydrogen-bond donors (Lipinski definition) is 14. The van der Waals surface area contributed by atoms with Crippen molar-refractivity contribution in [3.8, 4) is 0 Å². The van der Waals surface area contributed by atoms with Crippen molar-refractivity contribution in [3.05, 3.63) is 0 Å². The van der Waals surface area contributed by atoms with Gasteiger partial charge in [-0.2, -0.15) is 0 Å². The van der Waals surface area contributed by atoms with Crippen molar-refractivity contribution in [2.45, 2.75) is 302 Å². The van der Waals surface area contributed by atoms with Crippen LogP contribution >= 0.6 is 0 Å². The average Bonchev–Trinajstić information content (AvgIpc) is 1.68. The van der Waals surface area contributed by atoms with E-state index in [0.717, 1.165) is 208 Å². The van der Waals surface area contributed by atoms with Gasteiger partial charge in [0.1, 0.15) is 5.54 Å². The van der Waals surface area contributed by atoms with Crippen molar-refractivity contribution >= 4 is 29.7 Å². The van der Waals surface area contributed by atoms with E-state index in [0.29, 0.717) is 67.2 Å². The van der Waals surface area contributed by atoms with E-state index >= 15 is 0 Å². The Morgan fingerprint density at radius 3 is 1.26 bits per heavy atom. The predicted octanol–water partition coefficient (Wildman–Crippen LogP) is 6.91. The summed E-state index contributed by atoms with van der Waals surface area (Å²) in [7, 11) is 0. The largest absolute Gasteiger partial charge is 0.481 e. The summed E-state index contributed by atoms with van der Waals surface area (Å²) in [5, 5.41) is 99.3. The molecule has 8 atom stereocenters. The lowest BCUT2D eigenvalue weighted by Crippen LogP contribution is -2.63. The maximum atomic E-state index is 11.1. The molecule has 13 fully saturated rings. The van der Waals surface area contributed by atoms with Gasteiger partial charge in [0, 0.05) is 159 Å². The fourth-order valence-corrected chi connectivity index (χ4v) is 15.9. The number of aliphatic carboxylic acids is 2. The Hall–Kier alpha value is -3.37. The number of aliphatic hydroxyl groups excluding tert-OH is 7. The molecule has 0 bridgehead atoms. The number of amides is 3. The van der Waals surface area contributed by atoms with Crippen LogP contribution in [-0.4, -0.2) is 382 Å². The highest BCUT2D eigenvalue weighted by Gasteiger charge is 2.51. The second-order valence-corrected chi connectivity index (χ2v) is 34.7. The first-order valence-corrected chi connectivity index (χ1v) is 46.4. The number of likely N-dealkylation sites (N-methyl/N-ethyl adjacent to an activating group) is 5. The minimum absolute atomic E-state index is 0.0269. The van der Waals surface area contributed by atoms with Crippen molar-refractivity contribution < 1.29 is 75.0 Å². The van der Waals surface area contributed by atoms with E-state index in [4.69, 9.17) is 46.0 Å². The molecule has 0 aromatic heterocycles. The van der Waals surface area contributed by atoms with E-state index in [2.05, 4.69) is 162 Å². The number of carboxylic acid groups (broad SMARTS) is 2. The molecule has 696 valence electrons. The molecule has 0 radical (unpaired) electrons. The van der Waals surface area contributed by atoms with E-state index in [9.17, 15) is 29.1 Å². The van der Waals surface area contributed by atoms with Crippen LogP contribution < -0.4 is 21.3 Å². The average molecular weight is 1680 g/mol. The van der Waals surface area contributed by atoms with E-state index in [1.807, 2.05) is 34.6 Å². The number of carbonyl (C=O) groups is 5. The quantitative estimate of drug-likeness (QED) is 0.0555. The van der Waals surface area contributed by atoms with Crippen molar-refractivity contribution in [2.75, 3.05) is 210 Å². The lowest BCUT2D eigenvalue weighted by Gasteiger charge is -2.57. The highest BCUT2D eigenvalue weighted by Crippen LogP contribution is 2.48. The summed E-state index contributed by atoms with van der Waals surface area (Å²) in [6.45, 7) is 72.7. The molecular formula is C89H185N13O15. The molecule has 12 heterocycles. The fraction of sp³-hybridized carbons (Fsp3) is 0.944.